The first-order valence-corrected chi connectivity index (χ1v) is 8.16. The first-order chi connectivity index (χ1) is 11.2. The summed E-state index contributed by atoms with van der Waals surface area (Å²) in [5.74, 6) is 2.91. The van der Waals surface area contributed by atoms with Crippen LogP contribution in [0.5, 0.6) is 0 Å². The van der Waals surface area contributed by atoms with Gasteiger partial charge in [-0.2, -0.15) is 5.10 Å². The van der Waals surface area contributed by atoms with Crippen molar-refractivity contribution in [1.82, 2.24) is 29.9 Å². The highest BCUT2D eigenvalue weighted by atomic mass is 16.2. The van der Waals surface area contributed by atoms with E-state index in [1.54, 1.807) is 0 Å². The molecule has 1 aliphatic carbocycles. The summed E-state index contributed by atoms with van der Waals surface area (Å²) in [5.41, 5.74) is 1.23. The molecule has 0 radical (unpaired) electrons. The lowest BCUT2D eigenvalue weighted by Crippen LogP contribution is -2.47. The highest BCUT2D eigenvalue weighted by Crippen LogP contribution is 2.40. The van der Waals surface area contributed by atoms with Crippen LogP contribution in [0.2, 0.25) is 0 Å². The van der Waals surface area contributed by atoms with Crippen molar-refractivity contribution in [3.63, 3.8) is 0 Å². The van der Waals surface area contributed by atoms with Crippen LogP contribution in [0.25, 0.3) is 0 Å². The number of nitrogens with one attached hydrogen (secondary N) is 2. The third-order valence-electron chi connectivity index (χ3n) is 4.56. The van der Waals surface area contributed by atoms with Crippen LogP contribution in [0, 0.1) is 6.92 Å². The molecule has 2 aliphatic rings. The van der Waals surface area contributed by atoms with Gasteiger partial charge in [0.15, 0.2) is 5.82 Å². The molecular formula is C15H21N7O. The lowest BCUT2D eigenvalue weighted by Gasteiger charge is -2.24. The van der Waals surface area contributed by atoms with E-state index in [-0.39, 0.29) is 11.9 Å². The van der Waals surface area contributed by atoms with Crippen LogP contribution in [0.15, 0.2) is 6.07 Å². The van der Waals surface area contributed by atoms with E-state index in [0.29, 0.717) is 24.8 Å². The zero-order valence-electron chi connectivity index (χ0n) is 13.4. The van der Waals surface area contributed by atoms with Crippen LogP contribution in [0.3, 0.4) is 0 Å². The molecule has 4 rings (SSSR count). The van der Waals surface area contributed by atoms with E-state index in [2.05, 4.69) is 32.9 Å². The Balaban J connectivity index is 1.47. The van der Waals surface area contributed by atoms with Crippen molar-refractivity contribution >= 4 is 11.7 Å². The molecule has 8 nitrogen and oxygen atoms in total. The van der Waals surface area contributed by atoms with Gasteiger partial charge in [0.25, 0.3) is 0 Å². The van der Waals surface area contributed by atoms with Crippen molar-refractivity contribution in [3.05, 3.63) is 23.4 Å². The van der Waals surface area contributed by atoms with Crippen molar-refractivity contribution in [2.45, 2.75) is 58.3 Å². The lowest BCUT2D eigenvalue weighted by molar-refractivity contribution is -0.118. The van der Waals surface area contributed by atoms with Gasteiger partial charge in [0.2, 0.25) is 5.91 Å². The molecule has 122 valence electrons. The minimum Gasteiger partial charge on any atom is -0.312 e. The van der Waals surface area contributed by atoms with E-state index in [4.69, 9.17) is 0 Å². The summed E-state index contributed by atoms with van der Waals surface area (Å²) in [6.07, 6.45) is 2.44. The molecule has 1 unspecified atom stereocenters. The Morgan fingerprint density at radius 2 is 2.26 bits per heavy atom. The number of fused-ring (bicyclic) bond motifs is 1. The third kappa shape index (κ3) is 2.63. The van der Waals surface area contributed by atoms with Gasteiger partial charge in [-0.3, -0.25) is 14.8 Å². The Labute approximate surface area is 134 Å². The van der Waals surface area contributed by atoms with Gasteiger partial charge in [0.1, 0.15) is 17.7 Å². The second kappa shape index (κ2) is 5.45. The highest BCUT2D eigenvalue weighted by Gasteiger charge is 2.30. The molecular weight excluding hydrogens is 294 g/mol. The van der Waals surface area contributed by atoms with E-state index in [1.807, 2.05) is 22.2 Å². The normalized spacial score (nSPS) is 20.3. The molecule has 3 heterocycles. The molecule has 0 bridgehead atoms. The number of anilines is 1. The molecule has 0 spiro atoms. The average Bonchev–Trinajstić information content (AvgIpc) is 3.23. The quantitative estimate of drug-likeness (QED) is 0.871. The zero-order valence-corrected chi connectivity index (χ0v) is 13.4. The van der Waals surface area contributed by atoms with Crippen molar-refractivity contribution in [2.75, 3.05) is 5.32 Å². The summed E-state index contributed by atoms with van der Waals surface area (Å²) in [5, 5.41) is 18.8. The largest absolute Gasteiger partial charge is 0.312 e. The molecule has 1 atom stereocenters. The monoisotopic (exact) mass is 315 g/mol. The van der Waals surface area contributed by atoms with Gasteiger partial charge in [0.05, 0.1) is 6.54 Å². The molecule has 8 heteroatoms. The van der Waals surface area contributed by atoms with Crippen molar-refractivity contribution in [3.8, 4) is 0 Å². The Bertz CT molecular complexity index is 743. The molecule has 23 heavy (non-hydrogen) atoms. The zero-order chi connectivity index (χ0) is 16.0. The fourth-order valence-corrected chi connectivity index (χ4v) is 3.10. The standard InChI is InChI=1S/C15H21N7O/c1-3-22-12(10-4-5-10)6-13(20-22)17-15(23)11-8-21-9(2)18-19-14(21)7-16-11/h6,10-11,16H,3-5,7-8H2,1-2H3,(H,17,20,23). The number of carbonyl (C=O) groups excluding carboxylic acids is 1. The maximum Gasteiger partial charge on any atom is 0.244 e. The SMILES string of the molecule is CCn1nc(NC(=O)C2Cn3c(C)nnc3CN2)cc1C1CC1. The highest BCUT2D eigenvalue weighted by molar-refractivity contribution is 5.94. The van der Waals surface area contributed by atoms with Gasteiger partial charge in [-0.1, -0.05) is 0 Å². The Hall–Kier alpha value is -2.22. The number of aryl methyl sites for hydroxylation is 2. The van der Waals surface area contributed by atoms with Crippen LogP contribution in [0.1, 0.15) is 43.0 Å². The molecule has 2 N–H and O–H groups in total. The molecule has 1 saturated carbocycles. The minimum absolute atomic E-state index is 0.0631. The van der Waals surface area contributed by atoms with Crippen LogP contribution < -0.4 is 10.6 Å². The summed E-state index contributed by atoms with van der Waals surface area (Å²) >= 11 is 0. The molecule has 1 amide bonds. The summed E-state index contributed by atoms with van der Waals surface area (Å²) in [6, 6.07) is 1.71. The lowest BCUT2D eigenvalue weighted by atomic mass is 10.2. The predicted octanol–water partition coefficient (Wildman–Crippen LogP) is 0.791. The maximum atomic E-state index is 12.5. The summed E-state index contributed by atoms with van der Waals surface area (Å²) in [7, 11) is 0. The summed E-state index contributed by atoms with van der Waals surface area (Å²) in [4.78, 5) is 12.5. The fourth-order valence-electron chi connectivity index (χ4n) is 3.10. The van der Waals surface area contributed by atoms with Gasteiger partial charge in [0, 0.05) is 30.8 Å². The fraction of sp³-hybridized carbons (Fsp3) is 0.600. The number of carbonyl (C=O) groups is 1. The second-order valence-electron chi connectivity index (χ2n) is 6.24. The van der Waals surface area contributed by atoms with Crippen LogP contribution in [-0.2, 0) is 24.4 Å². The summed E-state index contributed by atoms with van der Waals surface area (Å²) < 4.78 is 3.98. The van der Waals surface area contributed by atoms with E-state index in [9.17, 15) is 4.79 Å². The van der Waals surface area contributed by atoms with Crippen molar-refractivity contribution in [2.24, 2.45) is 0 Å². The first-order valence-electron chi connectivity index (χ1n) is 8.16. The Kier molecular flexibility index (Phi) is 3.41. The van der Waals surface area contributed by atoms with Gasteiger partial charge >= 0.3 is 0 Å². The van der Waals surface area contributed by atoms with Crippen LogP contribution in [-0.4, -0.2) is 36.5 Å². The Morgan fingerprint density at radius 1 is 1.43 bits per heavy atom. The third-order valence-corrected chi connectivity index (χ3v) is 4.56. The maximum absolute atomic E-state index is 12.5. The van der Waals surface area contributed by atoms with Gasteiger partial charge in [-0.25, -0.2) is 0 Å². The van der Waals surface area contributed by atoms with Crippen molar-refractivity contribution in [1.29, 1.82) is 0 Å². The molecule has 2 aromatic rings. The predicted molar refractivity (Wildman–Crippen MR) is 83.9 cm³/mol. The van der Waals surface area contributed by atoms with Crippen LogP contribution in [0.4, 0.5) is 5.82 Å². The minimum atomic E-state index is -0.298. The average molecular weight is 315 g/mol. The number of amides is 1. The molecule has 1 fully saturated rings. The molecule has 2 aromatic heterocycles. The number of hydrogen-bond acceptors (Lipinski definition) is 5. The van der Waals surface area contributed by atoms with E-state index in [0.717, 1.165) is 18.2 Å². The number of nitrogens with zero attached hydrogens (tertiary/aromatic N) is 5. The van der Waals surface area contributed by atoms with Gasteiger partial charge < -0.3 is 9.88 Å². The number of aromatic nitrogens is 5. The van der Waals surface area contributed by atoms with Gasteiger partial charge in [-0.05, 0) is 26.7 Å². The Morgan fingerprint density at radius 3 is 3.00 bits per heavy atom. The van der Waals surface area contributed by atoms with E-state index >= 15 is 0 Å². The van der Waals surface area contributed by atoms with E-state index in [1.165, 1.54) is 18.5 Å². The summed E-state index contributed by atoms with van der Waals surface area (Å²) in [6.45, 7) is 5.90. The number of hydrogen-bond donors (Lipinski definition) is 2. The first kappa shape index (κ1) is 14.4. The molecule has 0 saturated heterocycles. The molecule has 1 aliphatic heterocycles. The van der Waals surface area contributed by atoms with Crippen molar-refractivity contribution < 1.29 is 4.79 Å². The second-order valence-corrected chi connectivity index (χ2v) is 6.24. The van der Waals surface area contributed by atoms with E-state index < -0.39 is 0 Å². The smallest absolute Gasteiger partial charge is 0.244 e. The van der Waals surface area contributed by atoms with Gasteiger partial charge in [-0.15, -0.1) is 10.2 Å². The van der Waals surface area contributed by atoms with Crippen LogP contribution >= 0.6 is 0 Å². The number of rotatable bonds is 4. The molecule has 0 aromatic carbocycles. The topological polar surface area (TPSA) is 89.7 Å².